The first kappa shape index (κ1) is 25.0. The molecular weight excluding hydrogens is 483 g/mol. The Labute approximate surface area is 205 Å². The topological polar surface area (TPSA) is 65.1 Å². The van der Waals surface area contributed by atoms with Crippen molar-refractivity contribution in [1.82, 2.24) is 4.90 Å². The Bertz CT molecular complexity index is 1130. The lowest BCUT2D eigenvalue weighted by atomic mass is 10.1. The number of halogens is 3. The second-order valence-electron chi connectivity index (χ2n) is 7.94. The number of nitrogens with zero attached hydrogens (tertiary/aromatic N) is 1. The van der Waals surface area contributed by atoms with Gasteiger partial charge in [0.15, 0.2) is 11.5 Å². The largest absolute Gasteiger partial charge is 0.486 e. The van der Waals surface area contributed by atoms with Gasteiger partial charge >= 0.3 is 12.1 Å². The molecule has 0 aliphatic carbocycles. The Kier molecular flexibility index (Phi) is 7.59. The number of hydrogen-bond acceptors (Lipinski definition) is 6. The van der Waals surface area contributed by atoms with Crippen molar-refractivity contribution in [3.8, 4) is 11.5 Å². The van der Waals surface area contributed by atoms with Crippen molar-refractivity contribution in [2.45, 2.75) is 41.8 Å². The van der Waals surface area contributed by atoms with E-state index in [0.29, 0.717) is 49.0 Å². The van der Waals surface area contributed by atoms with Crippen LogP contribution >= 0.6 is 11.8 Å². The molecule has 4 rings (SSSR count). The summed E-state index contributed by atoms with van der Waals surface area (Å²) in [5, 5.41) is 0. The molecule has 6 nitrogen and oxygen atoms in total. The molecule has 1 atom stereocenters. The van der Waals surface area contributed by atoms with Crippen LogP contribution < -0.4 is 9.47 Å². The number of likely N-dealkylation sites (tertiary alicyclic amines) is 1. The van der Waals surface area contributed by atoms with Crippen molar-refractivity contribution in [1.29, 1.82) is 0 Å². The molecule has 1 amide bonds. The minimum Gasteiger partial charge on any atom is -0.486 e. The fourth-order valence-corrected chi connectivity index (χ4v) is 4.93. The number of ether oxygens (including phenoxy) is 3. The van der Waals surface area contributed by atoms with Gasteiger partial charge in [0.25, 0.3) is 0 Å². The van der Waals surface area contributed by atoms with Crippen molar-refractivity contribution in [3.63, 3.8) is 0 Å². The molecule has 0 aromatic heterocycles. The summed E-state index contributed by atoms with van der Waals surface area (Å²) in [6.45, 7) is 3.10. The van der Waals surface area contributed by atoms with E-state index in [2.05, 4.69) is 0 Å². The average molecular weight is 508 g/mol. The van der Waals surface area contributed by atoms with Crippen LogP contribution in [0.25, 0.3) is 6.08 Å². The van der Waals surface area contributed by atoms with E-state index in [1.54, 1.807) is 25.1 Å². The maximum absolute atomic E-state index is 13.9. The van der Waals surface area contributed by atoms with Crippen LogP contribution in [0.15, 0.2) is 52.3 Å². The molecule has 1 saturated heterocycles. The van der Waals surface area contributed by atoms with Crippen molar-refractivity contribution < 1.29 is 37.0 Å². The summed E-state index contributed by atoms with van der Waals surface area (Å²) in [5.41, 5.74) is -0.582. The summed E-state index contributed by atoms with van der Waals surface area (Å²) in [7, 11) is 0. The number of rotatable bonds is 6. The van der Waals surface area contributed by atoms with E-state index in [1.807, 2.05) is 0 Å². The Morgan fingerprint density at radius 3 is 2.66 bits per heavy atom. The zero-order valence-electron chi connectivity index (χ0n) is 19.0. The number of carbonyl (C=O) groups is 2. The molecule has 10 heteroatoms. The monoisotopic (exact) mass is 507 g/mol. The molecule has 1 fully saturated rings. The summed E-state index contributed by atoms with van der Waals surface area (Å²) >= 11 is 0.969. The van der Waals surface area contributed by atoms with Crippen LogP contribution in [0.3, 0.4) is 0 Å². The summed E-state index contributed by atoms with van der Waals surface area (Å²) in [5.74, 6) is 0.149. The highest BCUT2D eigenvalue weighted by Gasteiger charge is 2.35. The smallest absolute Gasteiger partial charge is 0.417 e. The Balaban J connectivity index is 1.52. The third-order valence-electron chi connectivity index (χ3n) is 5.56. The van der Waals surface area contributed by atoms with Gasteiger partial charge in [-0.25, -0.2) is 4.79 Å². The molecule has 2 aromatic carbocycles. The normalized spacial score (nSPS) is 17.6. The lowest BCUT2D eigenvalue weighted by molar-refractivity contribution is -0.151. The van der Waals surface area contributed by atoms with E-state index in [9.17, 15) is 22.8 Å². The van der Waals surface area contributed by atoms with Gasteiger partial charge in [0.2, 0.25) is 5.91 Å². The zero-order chi connectivity index (χ0) is 25.0. The highest BCUT2D eigenvalue weighted by molar-refractivity contribution is 7.99. The van der Waals surface area contributed by atoms with Crippen LogP contribution in [0.1, 0.15) is 30.9 Å². The van der Waals surface area contributed by atoms with Crippen molar-refractivity contribution >= 4 is 29.7 Å². The van der Waals surface area contributed by atoms with Gasteiger partial charge in [-0.05, 0) is 61.7 Å². The molecule has 1 unspecified atom stereocenters. The Morgan fingerprint density at radius 1 is 1.14 bits per heavy atom. The fourth-order valence-electron chi connectivity index (χ4n) is 3.95. The average Bonchev–Trinajstić information content (AvgIpc) is 3.33. The molecule has 0 spiro atoms. The van der Waals surface area contributed by atoms with Crippen LogP contribution in [0.2, 0.25) is 0 Å². The van der Waals surface area contributed by atoms with Crippen LogP contribution in [-0.2, 0) is 20.5 Å². The van der Waals surface area contributed by atoms with Crippen LogP contribution in [0.5, 0.6) is 11.5 Å². The Morgan fingerprint density at radius 2 is 1.91 bits per heavy atom. The lowest BCUT2D eigenvalue weighted by Gasteiger charge is -2.21. The second-order valence-corrected chi connectivity index (χ2v) is 9.05. The molecule has 2 heterocycles. The molecule has 2 aliphatic rings. The van der Waals surface area contributed by atoms with E-state index in [1.165, 1.54) is 29.2 Å². The standard InChI is InChI=1S/C25H24F3NO5S/c1-2-32-24(31)19-4-3-11-29(19)23(30)10-6-16-5-9-22(18(14-16)25(26,27)28)35-17-7-8-20-21(15-17)34-13-12-33-20/h5-10,14-15,19H,2-4,11-13H2,1H3/b10-6+. The van der Waals surface area contributed by atoms with Gasteiger partial charge in [0, 0.05) is 22.4 Å². The van der Waals surface area contributed by atoms with Crippen molar-refractivity contribution in [2.75, 3.05) is 26.4 Å². The van der Waals surface area contributed by atoms with Gasteiger partial charge in [-0.2, -0.15) is 13.2 Å². The van der Waals surface area contributed by atoms with Crippen molar-refractivity contribution in [3.05, 3.63) is 53.6 Å². The molecule has 0 saturated carbocycles. The van der Waals surface area contributed by atoms with Gasteiger partial charge in [-0.3, -0.25) is 4.79 Å². The fraction of sp³-hybridized carbons (Fsp3) is 0.360. The highest BCUT2D eigenvalue weighted by atomic mass is 32.2. The second kappa shape index (κ2) is 10.6. The molecule has 0 bridgehead atoms. The van der Waals surface area contributed by atoms with Gasteiger partial charge in [0.1, 0.15) is 19.3 Å². The highest BCUT2D eigenvalue weighted by Crippen LogP contribution is 2.42. The summed E-state index contributed by atoms with van der Waals surface area (Å²) < 4.78 is 57.5. The third kappa shape index (κ3) is 5.93. The number of amides is 1. The molecule has 186 valence electrons. The molecular formula is C25H24F3NO5S. The van der Waals surface area contributed by atoms with Crippen molar-refractivity contribution in [2.24, 2.45) is 0 Å². The maximum Gasteiger partial charge on any atom is 0.417 e. The first-order valence-electron chi connectivity index (χ1n) is 11.2. The summed E-state index contributed by atoms with van der Waals surface area (Å²) in [4.78, 5) is 26.7. The molecule has 2 aromatic rings. The van der Waals surface area contributed by atoms with Crippen LogP contribution in [0, 0.1) is 0 Å². The van der Waals surface area contributed by atoms with E-state index in [4.69, 9.17) is 14.2 Å². The van der Waals surface area contributed by atoms with E-state index < -0.39 is 29.7 Å². The SMILES string of the molecule is CCOC(=O)C1CCCN1C(=O)/C=C/c1ccc(Sc2ccc3c(c2)OCCO3)c(C(F)(F)F)c1. The quantitative estimate of drug-likeness (QED) is 0.396. The molecule has 0 radical (unpaired) electrons. The number of benzene rings is 2. The molecule has 0 N–H and O–H groups in total. The van der Waals surface area contributed by atoms with E-state index in [-0.39, 0.29) is 17.1 Å². The molecule has 35 heavy (non-hydrogen) atoms. The number of alkyl halides is 3. The number of carbonyl (C=O) groups excluding carboxylic acids is 2. The van der Waals surface area contributed by atoms with E-state index in [0.717, 1.165) is 17.8 Å². The van der Waals surface area contributed by atoms with Gasteiger partial charge in [0.05, 0.1) is 12.2 Å². The number of esters is 1. The zero-order valence-corrected chi connectivity index (χ0v) is 19.8. The van der Waals surface area contributed by atoms with Gasteiger partial charge < -0.3 is 19.1 Å². The van der Waals surface area contributed by atoms with Gasteiger partial charge in [-0.1, -0.05) is 17.8 Å². The maximum atomic E-state index is 13.9. The van der Waals surface area contributed by atoms with Crippen LogP contribution in [0.4, 0.5) is 13.2 Å². The number of hydrogen-bond donors (Lipinski definition) is 0. The minimum atomic E-state index is -4.59. The predicted octanol–water partition coefficient (Wildman–Crippen LogP) is 5.20. The van der Waals surface area contributed by atoms with E-state index >= 15 is 0 Å². The minimum absolute atomic E-state index is 0.0274. The summed E-state index contributed by atoms with van der Waals surface area (Å²) in [6, 6.07) is 8.26. The summed E-state index contributed by atoms with van der Waals surface area (Å²) in [6.07, 6.45) is -0.902. The van der Waals surface area contributed by atoms with Crippen LogP contribution in [-0.4, -0.2) is 49.2 Å². The lowest BCUT2D eigenvalue weighted by Crippen LogP contribution is -2.40. The third-order valence-corrected chi connectivity index (χ3v) is 6.63. The first-order chi connectivity index (χ1) is 16.8. The predicted molar refractivity (Wildman–Crippen MR) is 123 cm³/mol. The van der Waals surface area contributed by atoms with Gasteiger partial charge in [-0.15, -0.1) is 0 Å². The Hall–Kier alpha value is -3.14. The first-order valence-corrected chi connectivity index (χ1v) is 12.0. The number of fused-ring (bicyclic) bond motifs is 1. The molecule has 2 aliphatic heterocycles.